The Morgan fingerprint density at radius 3 is 3.12 bits per heavy atom. The topological polar surface area (TPSA) is 45.0 Å². The van der Waals surface area contributed by atoms with E-state index in [0.717, 1.165) is 12.3 Å². The van der Waals surface area contributed by atoms with E-state index < -0.39 is 0 Å². The lowest BCUT2D eigenvalue weighted by atomic mass is 10.7. The molecule has 0 fully saturated rings. The Morgan fingerprint density at radius 2 is 2.75 bits per heavy atom. The molecule has 1 N–H and O–H groups in total. The summed E-state index contributed by atoms with van der Waals surface area (Å²) in [7, 11) is 0. The Morgan fingerprint density at radius 1 is 1.88 bits per heavy atom. The van der Waals surface area contributed by atoms with Crippen LogP contribution in [0.4, 0.5) is 0 Å². The first-order chi connectivity index (χ1) is 3.93. The molecule has 0 aromatic carbocycles. The highest BCUT2D eigenvalue weighted by Gasteiger charge is 2.00. The van der Waals surface area contributed by atoms with Crippen LogP contribution in [-0.2, 0) is 0 Å². The van der Waals surface area contributed by atoms with Crippen molar-refractivity contribution in [1.29, 1.82) is 0 Å². The zero-order chi connectivity index (χ0) is 5.82. The second-order valence-corrected chi connectivity index (χ2v) is 2.44. The SMILES string of the molecule is ON=C1C=NCCS1. The molecule has 0 bridgehead atoms. The Kier molecular flexibility index (Phi) is 1.91. The molecule has 1 heterocycles. The molecule has 0 spiro atoms. The number of oxime groups is 1. The van der Waals surface area contributed by atoms with Gasteiger partial charge in [-0.1, -0.05) is 16.9 Å². The fourth-order valence-corrected chi connectivity index (χ4v) is 1.05. The van der Waals surface area contributed by atoms with Crippen LogP contribution in [0.5, 0.6) is 0 Å². The molecule has 1 aliphatic heterocycles. The van der Waals surface area contributed by atoms with Gasteiger partial charge in [0.05, 0.1) is 6.21 Å². The maximum absolute atomic E-state index is 8.17. The summed E-state index contributed by atoms with van der Waals surface area (Å²) < 4.78 is 0. The number of aliphatic imine (C=N–C) groups is 1. The van der Waals surface area contributed by atoms with Gasteiger partial charge in [0.25, 0.3) is 0 Å². The largest absolute Gasteiger partial charge is 0.410 e. The third kappa shape index (κ3) is 1.23. The summed E-state index contributed by atoms with van der Waals surface area (Å²) in [6.07, 6.45) is 1.58. The zero-order valence-corrected chi connectivity index (χ0v) is 5.06. The van der Waals surface area contributed by atoms with Crippen LogP contribution < -0.4 is 0 Å². The van der Waals surface area contributed by atoms with E-state index in [2.05, 4.69) is 10.1 Å². The molecular formula is C4H6N2OS. The number of hydrogen-bond acceptors (Lipinski definition) is 4. The predicted octanol–water partition coefficient (Wildman–Crippen LogP) is 0.592. The summed E-state index contributed by atoms with van der Waals surface area (Å²) in [5.41, 5.74) is 0. The van der Waals surface area contributed by atoms with Gasteiger partial charge >= 0.3 is 0 Å². The predicted molar refractivity (Wildman–Crippen MR) is 35.0 cm³/mol. The van der Waals surface area contributed by atoms with Gasteiger partial charge in [-0.15, -0.1) is 0 Å². The first-order valence-electron chi connectivity index (χ1n) is 2.28. The minimum Gasteiger partial charge on any atom is -0.410 e. The van der Waals surface area contributed by atoms with Crippen LogP contribution in [0.25, 0.3) is 0 Å². The molecule has 0 aromatic heterocycles. The molecule has 0 amide bonds. The molecule has 1 aliphatic rings. The van der Waals surface area contributed by atoms with Gasteiger partial charge in [0.15, 0.2) is 5.04 Å². The van der Waals surface area contributed by atoms with E-state index in [9.17, 15) is 0 Å². The molecule has 44 valence electrons. The van der Waals surface area contributed by atoms with E-state index in [1.54, 1.807) is 6.21 Å². The smallest absolute Gasteiger partial charge is 0.153 e. The van der Waals surface area contributed by atoms with E-state index in [1.807, 2.05) is 0 Å². The molecule has 0 aromatic rings. The third-order valence-corrected chi connectivity index (χ3v) is 1.64. The van der Waals surface area contributed by atoms with Crippen molar-refractivity contribution in [3.05, 3.63) is 0 Å². The molecular weight excluding hydrogens is 124 g/mol. The second-order valence-electron chi connectivity index (χ2n) is 1.32. The average molecular weight is 130 g/mol. The fraction of sp³-hybridized carbons (Fsp3) is 0.500. The van der Waals surface area contributed by atoms with E-state index in [1.165, 1.54) is 11.8 Å². The van der Waals surface area contributed by atoms with Gasteiger partial charge in [-0.2, -0.15) is 0 Å². The maximum atomic E-state index is 8.17. The Balaban J connectivity index is 2.56. The Hall–Kier alpha value is -0.510. The van der Waals surface area contributed by atoms with Crippen LogP contribution in [0.3, 0.4) is 0 Å². The van der Waals surface area contributed by atoms with Crippen molar-refractivity contribution >= 4 is 23.0 Å². The number of thioether (sulfide) groups is 1. The molecule has 4 heteroatoms. The van der Waals surface area contributed by atoms with Crippen molar-refractivity contribution in [2.24, 2.45) is 10.1 Å². The van der Waals surface area contributed by atoms with E-state index in [-0.39, 0.29) is 0 Å². The Bertz CT molecular complexity index is 132. The van der Waals surface area contributed by atoms with Crippen LogP contribution >= 0.6 is 11.8 Å². The molecule has 0 saturated carbocycles. The van der Waals surface area contributed by atoms with Crippen molar-refractivity contribution in [2.75, 3.05) is 12.3 Å². The van der Waals surface area contributed by atoms with Crippen molar-refractivity contribution in [2.45, 2.75) is 0 Å². The maximum Gasteiger partial charge on any atom is 0.153 e. The van der Waals surface area contributed by atoms with Crippen LogP contribution in [0.2, 0.25) is 0 Å². The summed E-state index contributed by atoms with van der Waals surface area (Å²) in [6.45, 7) is 0.837. The third-order valence-electron chi connectivity index (χ3n) is 0.771. The molecule has 0 radical (unpaired) electrons. The van der Waals surface area contributed by atoms with Crippen molar-refractivity contribution < 1.29 is 5.21 Å². The minimum atomic E-state index is 0.608. The zero-order valence-electron chi connectivity index (χ0n) is 4.24. The normalized spacial score (nSPS) is 24.2. The lowest BCUT2D eigenvalue weighted by Crippen LogP contribution is -2.04. The fourth-order valence-electron chi connectivity index (χ4n) is 0.438. The molecule has 1 rings (SSSR count). The van der Waals surface area contributed by atoms with Crippen LogP contribution in [0.1, 0.15) is 0 Å². The molecule has 3 nitrogen and oxygen atoms in total. The van der Waals surface area contributed by atoms with Crippen LogP contribution in [-0.4, -0.2) is 28.8 Å². The van der Waals surface area contributed by atoms with Crippen molar-refractivity contribution in [3.8, 4) is 0 Å². The second kappa shape index (κ2) is 2.71. The highest BCUT2D eigenvalue weighted by atomic mass is 32.2. The summed E-state index contributed by atoms with van der Waals surface area (Å²) in [5.74, 6) is 0.926. The number of nitrogens with zero attached hydrogens (tertiary/aromatic N) is 2. The standard InChI is InChI=1S/C4H6N2OS/c7-6-4-3-5-1-2-8-4/h3,7H,1-2H2. The molecule has 0 atom stereocenters. The van der Waals surface area contributed by atoms with Gasteiger partial charge in [0.1, 0.15) is 0 Å². The van der Waals surface area contributed by atoms with Gasteiger partial charge in [-0.3, -0.25) is 4.99 Å². The van der Waals surface area contributed by atoms with Gasteiger partial charge in [-0.25, -0.2) is 0 Å². The van der Waals surface area contributed by atoms with Crippen molar-refractivity contribution in [3.63, 3.8) is 0 Å². The van der Waals surface area contributed by atoms with Gasteiger partial charge in [0.2, 0.25) is 0 Å². The lowest BCUT2D eigenvalue weighted by molar-refractivity contribution is 0.322. The van der Waals surface area contributed by atoms with E-state index in [0.29, 0.717) is 5.04 Å². The summed E-state index contributed by atoms with van der Waals surface area (Å²) in [4.78, 5) is 3.89. The van der Waals surface area contributed by atoms with E-state index in [4.69, 9.17) is 5.21 Å². The van der Waals surface area contributed by atoms with Gasteiger partial charge in [0, 0.05) is 12.3 Å². The molecule has 8 heavy (non-hydrogen) atoms. The summed E-state index contributed by atoms with van der Waals surface area (Å²) in [6, 6.07) is 0. The molecule has 0 aliphatic carbocycles. The summed E-state index contributed by atoms with van der Waals surface area (Å²) >= 11 is 1.51. The lowest BCUT2D eigenvalue weighted by Gasteiger charge is -2.00. The number of rotatable bonds is 0. The number of hydrogen-bond donors (Lipinski definition) is 1. The first kappa shape index (κ1) is 5.62. The average Bonchev–Trinajstić information content (AvgIpc) is 1.90. The van der Waals surface area contributed by atoms with E-state index >= 15 is 0 Å². The first-order valence-corrected chi connectivity index (χ1v) is 3.27. The highest BCUT2D eigenvalue weighted by molar-refractivity contribution is 8.15. The van der Waals surface area contributed by atoms with Crippen molar-refractivity contribution in [1.82, 2.24) is 0 Å². The highest BCUT2D eigenvalue weighted by Crippen LogP contribution is 2.05. The summed E-state index contributed by atoms with van der Waals surface area (Å²) in [5, 5.41) is 11.8. The van der Waals surface area contributed by atoms with Gasteiger partial charge in [-0.05, 0) is 0 Å². The quantitative estimate of drug-likeness (QED) is 0.385. The van der Waals surface area contributed by atoms with Crippen LogP contribution in [0, 0.1) is 0 Å². The monoisotopic (exact) mass is 130 g/mol. The Labute approximate surface area is 51.5 Å². The molecule has 0 saturated heterocycles. The van der Waals surface area contributed by atoms with Crippen LogP contribution in [0.15, 0.2) is 10.1 Å². The molecule has 0 unspecified atom stereocenters. The van der Waals surface area contributed by atoms with Gasteiger partial charge < -0.3 is 5.21 Å². The minimum absolute atomic E-state index is 0.608.